The summed E-state index contributed by atoms with van der Waals surface area (Å²) in [6, 6.07) is 10.6. The molecule has 2 heteroatoms. The largest absolute Gasteiger partial charge is 0.363 e. The van der Waals surface area contributed by atoms with Crippen molar-refractivity contribution in [3.05, 3.63) is 35.9 Å². The van der Waals surface area contributed by atoms with Gasteiger partial charge in [0.2, 0.25) is 0 Å². The summed E-state index contributed by atoms with van der Waals surface area (Å²) in [5.41, 5.74) is 1.69. The van der Waals surface area contributed by atoms with Crippen molar-refractivity contribution in [1.29, 1.82) is 0 Å². The first-order chi connectivity index (χ1) is 8.42. The standard InChI is InChI=1S/C10H14.C6H10O2/c1-10(2,3)9-7-5-4-6-8-9;7-6-4-2-1-3-5(6)8-6/h4-8H,1-3H3;5,7H,1-4H2. The summed E-state index contributed by atoms with van der Waals surface area (Å²) < 4.78 is 5.02. The Kier molecular flexibility index (Phi) is 3.79. The molecule has 1 aliphatic heterocycles. The molecule has 0 bridgehead atoms. The van der Waals surface area contributed by atoms with E-state index in [0.717, 1.165) is 19.3 Å². The maximum Gasteiger partial charge on any atom is 0.192 e. The molecule has 1 aromatic rings. The molecule has 2 nitrogen and oxygen atoms in total. The normalized spacial score (nSPS) is 29.9. The van der Waals surface area contributed by atoms with Gasteiger partial charge >= 0.3 is 0 Å². The minimum Gasteiger partial charge on any atom is -0.363 e. The van der Waals surface area contributed by atoms with Crippen LogP contribution in [-0.4, -0.2) is 17.0 Å². The molecule has 0 spiro atoms. The number of hydrogen-bond donors (Lipinski definition) is 1. The number of epoxide rings is 1. The van der Waals surface area contributed by atoms with Crippen molar-refractivity contribution in [1.82, 2.24) is 0 Å². The molecular formula is C16H24O2. The van der Waals surface area contributed by atoms with Crippen molar-refractivity contribution in [3.8, 4) is 0 Å². The van der Waals surface area contributed by atoms with Gasteiger partial charge in [-0.25, -0.2) is 0 Å². The van der Waals surface area contributed by atoms with Gasteiger partial charge in [0.05, 0.1) is 0 Å². The second kappa shape index (κ2) is 5.02. The number of benzene rings is 1. The number of ether oxygens (including phenoxy) is 1. The van der Waals surface area contributed by atoms with E-state index in [1.165, 1.54) is 12.0 Å². The highest BCUT2D eigenvalue weighted by Crippen LogP contribution is 2.45. The monoisotopic (exact) mass is 248 g/mol. The lowest BCUT2D eigenvalue weighted by Gasteiger charge is -2.18. The van der Waals surface area contributed by atoms with Gasteiger partial charge in [-0.2, -0.15) is 0 Å². The Morgan fingerprint density at radius 3 is 2.22 bits per heavy atom. The number of hydrogen-bond acceptors (Lipinski definition) is 2. The average molecular weight is 248 g/mol. The van der Waals surface area contributed by atoms with Crippen LogP contribution in [0.4, 0.5) is 0 Å². The van der Waals surface area contributed by atoms with Crippen LogP contribution in [0.1, 0.15) is 52.0 Å². The molecular weight excluding hydrogens is 224 g/mol. The van der Waals surface area contributed by atoms with Crippen LogP contribution in [0, 0.1) is 0 Å². The van der Waals surface area contributed by atoms with Crippen LogP contribution in [0.3, 0.4) is 0 Å². The van der Waals surface area contributed by atoms with E-state index in [9.17, 15) is 5.11 Å². The fourth-order valence-corrected chi connectivity index (χ4v) is 2.36. The Morgan fingerprint density at radius 1 is 1.17 bits per heavy atom. The SMILES string of the molecule is CC(C)(C)c1ccccc1.OC12CCCCC1O2. The van der Waals surface area contributed by atoms with Crippen molar-refractivity contribution < 1.29 is 9.84 Å². The van der Waals surface area contributed by atoms with Gasteiger partial charge in [-0.1, -0.05) is 57.5 Å². The highest BCUT2D eigenvalue weighted by atomic mass is 16.7. The van der Waals surface area contributed by atoms with Crippen molar-refractivity contribution in [2.45, 2.75) is 63.8 Å². The molecule has 1 saturated carbocycles. The third-order valence-electron chi connectivity index (χ3n) is 3.68. The first-order valence-corrected chi connectivity index (χ1v) is 6.87. The Bertz CT molecular complexity index is 378. The maximum atomic E-state index is 9.23. The summed E-state index contributed by atoms with van der Waals surface area (Å²) >= 11 is 0. The fraction of sp³-hybridized carbons (Fsp3) is 0.625. The highest BCUT2D eigenvalue weighted by molar-refractivity contribution is 5.21. The molecule has 1 aliphatic carbocycles. The summed E-state index contributed by atoms with van der Waals surface area (Å²) in [6.45, 7) is 6.67. The molecule has 0 aromatic heterocycles. The van der Waals surface area contributed by atoms with Gasteiger partial charge < -0.3 is 9.84 Å². The fourth-order valence-electron chi connectivity index (χ4n) is 2.36. The number of fused-ring (bicyclic) bond motifs is 1. The molecule has 1 heterocycles. The molecule has 100 valence electrons. The van der Waals surface area contributed by atoms with E-state index in [4.69, 9.17) is 4.74 Å². The molecule has 18 heavy (non-hydrogen) atoms. The van der Waals surface area contributed by atoms with Gasteiger partial charge in [0.15, 0.2) is 5.79 Å². The number of aliphatic hydroxyl groups is 1. The smallest absolute Gasteiger partial charge is 0.192 e. The van der Waals surface area contributed by atoms with Crippen molar-refractivity contribution in [2.75, 3.05) is 0 Å². The molecule has 0 amide bonds. The van der Waals surface area contributed by atoms with Gasteiger partial charge in [-0.3, -0.25) is 0 Å². The van der Waals surface area contributed by atoms with E-state index in [1.807, 2.05) is 0 Å². The predicted octanol–water partition coefficient (Wildman–Crippen LogP) is 3.63. The second-order valence-electron chi connectivity index (χ2n) is 6.31. The summed E-state index contributed by atoms with van der Waals surface area (Å²) in [4.78, 5) is 0. The Morgan fingerprint density at radius 2 is 1.83 bits per heavy atom. The van der Waals surface area contributed by atoms with Crippen LogP contribution in [0.5, 0.6) is 0 Å². The quantitative estimate of drug-likeness (QED) is 0.711. The highest BCUT2D eigenvalue weighted by Gasteiger charge is 2.55. The third kappa shape index (κ3) is 3.33. The van der Waals surface area contributed by atoms with Crippen LogP contribution in [-0.2, 0) is 10.2 Å². The van der Waals surface area contributed by atoms with E-state index >= 15 is 0 Å². The van der Waals surface area contributed by atoms with E-state index in [-0.39, 0.29) is 6.10 Å². The molecule has 0 radical (unpaired) electrons. The van der Waals surface area contributed by atoms with Crippen LogP contribution in [0.2, 0.25) is 0 Å². The van der Waals surface area contributed by atoms with Crippen molar-refractivity contribution in [3.63, 3.8) is 0 Å². The van der Waals surface area contributed by atoms with Gasteiger partial charge in [0.25, 0.3) is 0 Å². The summed E-state index contributed by atoms with van der Waals surface area (Å²) in [7, 11) is 0. The maximum absolute atomic E-state index is 9.23. The zero-order valence-corrected chi connectivity index (χ0v) is 11.6. The first kappa shape index (κ1) is 13.6. The third-order valence-corrected chi connectivity index (χ3v) is 3.68. The number of rotatable bonds is 0. The molecule has 2 unspecified atom stereocenters. The lowest BCUT2D eigenvalue weighted by Crippen LogP contribution is -2.17. The van der Waals surface area contributed by atoms with Crippen LogP contribution >= 0.6 is 0 Å². The summed E-state index contributed by atoms with van der Waals surface area (Å²) in [5.74, 6) is -0.655. The first-order valence-electron chi connectivity index (χ1n) is 6.87. The minimum absolute atomic E-state index is 0.205. The van der Waals surface area contributed by atoms with Gasteiger partial charge in [-0.15, -0.1) is 0 Å². The summed E-state index contributed by atoms with van der Waals surface area (Å²) in [6.07, 6.45) is 4.49. The molecule has 3 rings (SSSR count). The lowest BCUT2D eigenvalue weighted by atomic mass is 9.87. The van der Waals surface area contributed by atoms with Crippen LogP contribution < -0.4 is 0 Å². The average Bonchev–Trinajstić information content (AvgIpc) is 3.02. The zero-order valence-electron chi connectivity index (χ0n) is 11.6. The molecule has 2 fully saturated rings. The molecule has 2 atom stereocenters. The Hall–Kier alpha value is -0.860. The van der Waals surface area contributed by atoms with Crippen LogP contribution in [0.15, 0.2) is 30.3 Å². The zero-order chi connectivity index (χ0) is 13.2. The van der Waals surface area contributed by atoms with Crippen molar-refractivity contribution in [2.24, 2.45) is 0 Å². The molecule has 2 aliphatic rings. The summed E-state index contributed by atoms with van der Waals surface area (Å²) in [5, 5.41) is 9.23. The van der Waals surface area contributed by atoms with E-state index in [1.54, 1.807) is 0 Å². The lowest BCUT2D eigenvalue weighted by molar-refractivity contribution is 0.0251. The molecule has 1 aromatic carbocycles. The van der Waals surface area contributed by atoms with E-state index in [0.29, 0.717) is 5.41 Å². The van der Waals surface area contributed by atoms with Crippen LogP contribution in [0.25, 0.3) is 0 Å². The van der Waals surface area contributed by atoms with Crippen molar-refractivity contribution >= 4 is 0 Å². The molecule has 1 N–H and O–H groups in total. The minimum atomic E-state index is -0.655. The van der Waals surface area contributed by atoms with E-state index in [2.05, 4.69) is 51.1 Å². The Labute approximate surface area is 110 Å². The second-order valence-corrected chi connectivity index (χ2v) is 6.31. The topological polar surface area (TPSA) is 32.8 Å². The van der Waals surface area contributed by atoms with Gasteiger partial charge in [0, 0.05) is 6.42 Å². The van der Waals surface area contributed by atoms with Gasteiger partial charge in [0.1, 0.15) is 6.10 Å². The predicted molar refractivity (Wildman–Crippen MR) is 73.4 cm³/mol. The van der Waals surface area contributed by atoms with E-state index < -0.39 is 5.79 Å². The molecule has 1 saturated heterocycles. The Balaban J connectivity index is 0.000000136. The van der Waals surface area contributed by atoms with Gasteiger partial charge in [-0.05, 0) is 23.8 Å².